The summed E-state index contributed by atoms with van der Waals surface area (Å²) in [4.78, 5) is 0. The average molecular weight is 190 g/mol. The van der Waals surface area contributed by atoms with Crippen molar-refractivity contribution >= 4 is 0 Å². The number of halogens is 1. The van der Waals surface area contributed by atoms with Crippen molar-refractivity contribution in [3.63, 3.8) is 0 Å². The smallest absolute Gasteiger partial charge is 0.100 e. The Morgan fingerprint density at radius 3 is 2.23 bits per heavy atom. The number of rotatable bonds is 7. The van der Waals surface area contributed by atoms with Gasteiger partial charge in [0.2, 0.25) is 0 Å². The molecule has 2 atom stereocenters. The van der Waals surface area contributed by atoms with Crippen LogP contribution in [0.3, 0.4) is 0 Å². The van der Waals surface area contributed by atoms with Gasteiger partial charge in [-0.3, -0.25) is 0 Å². The Labute approximate surface area is 81.3 Å². The molecule has 0 aromatic heterocycles. The zero-order chi connectivity index (χ0) is 10.3. The van der Waals surface area contributed by atoms with E-state index in [1.54, 1.807) is 0 Å². The van der Waals surface area contributed by atoms with Gasteiger partial charge in [0.25, 0.3) is 0 Å². The van der Waals surface area contributed by atoms with E-state index in [0.29, 0.717) is 12.8 Å². The highest BCUT2D eigenvalue weighted by molar-refractivity contribution is 4.79. The summed E-state index contributed by atoms with van der Waals surface area (Å²) in [6.07, 6.45) is 3.15. The van der Waals surface area contributed by atoms with Crippen molar-refractivity contribution in [1.29, 1.82) is 0 Å². The third-order valence-corrected chi connectivity index (χ3v) is 2.96. The second kappa shape index (κ2) is 6.36. The van der Waals surface area contributed by atoms with Crippen LogP contribution >= 0.6 is 0 Å². The first-order valence-electron chi connectivity index (χ1n) is 5.39. The van der Waals surface area contributed by atoms with Crippen LogP contribution in [-0.4, -0.2) is 17.9 Å². The Bertz CT molecular complexity index is 121. The van der Waals surface area contributed by atoms with E-state index < -0.39 is 6.17 Å². The molecule has 0 saturated carbocycles. The van der Waals surface area contributed by atoms with Crippen LogP contribution in [0.25, 0.3) is 0 Å². The fourth-order valence-electron chi connectivity index (χ4n) is 1.82. The minimum Gasteiger partial charge on any atom is -0.396 e. The highest BCUT2D eigenvalue weighted by Gasteiger charge is 2.29. The second-order valence-corrected chi connectivity index (χ2v) is 3.97. The Hall–Kier alpha value is -0.110. The van der Waals surface area contributed by atoms with Crippen molar-refractivity contribution in [2.45, 2.75) is 59.0 Å². The molecule has 0 aliphatic rings. The summed E-state index contributed by atoms with van der Waals surface area (Å²) in [6.45, 7) is 6.10. The summed E-state index contributed by atoms with van der Waals surface area (Å²) in [7, 11) is 0. The van der Waals surface area contributed by atoms with Crippen LogP contribution < -0.4 is 0 Å². The zero-order valence-electron chi connectivity index (χ0n) is 9.15. The van der Waals surface area contributed by atoms with Crippen LogP contribution in [-0.2, 0) is 0 Å². The van der Waals surface area contributed by atoms with E-state index in [9.17, 15) is 9.50 Å². The Morgan fingerprint density at radius 2 is 1.92 bits per heavy atom. The van der Waals surface area contributed by atoms with Gasteiger partial charge in [-0.15, -0.1) is 0 Å². The SMILES string of the molecule is CCCC(CC)(CO)CC(F)CC. The molecule has 1 N–H and O–H groups in total. The molecular weight excluding hydrogens is 167 g/mol. The van der Waals surface area contributed by atoms with Gasteiger partial charge in [-0.1, -0.05) is 27.2 Å². The van der Waals surface area contributed by atoms with Gasteiger partial charge < -0.3 is 5.11 Å². The molecule has 0 bridgehead atoms. The van der Waals surface area contributed by atoms with Crippen molar-refractivity contribution in [3.8, 4) is 0 Å². The van der Waals surface area contributed by atoms with Crippen LogP contribution in [0.2, 0.25) is 0 Å². The van der Waals surface area contributed by atoms with Crippen molar-refractivity contribution in [1.82, 2.24) is 0 Å². The summed E-state index contributed by atoms with van der Waals surface area (Å²) in [5, 5.41) is 9.29. The van der Waals surface area contributed by atoms with E-state index in [1.165, 1.54) is 0 Å². The molecule has 0 amide bonds. The van der Waals surface area contributed by atoms with Gasteiger partial charge >= 0.3 is 0 Å². The van der Waals surface area contributed by atoms with Crippen molar-refractivity contribution in [3.05, 3.63) is 0 Å². The first-order valence-corrected chi connectivity index (χ1v) is 5.39. The molecule has 0 aliphatic carbocycles. The van der Waals surface area contributed by atoms with Crippen molar-refractivity contribution in [2.75, 3.05) is 6.61 Å². The predicted octanol–water partition coefficient (Wildman–Crippen LogP) is 3.31. The standard InChI is InChI=1S/C11H23FO/c1-4-7-11(6-3,9-13)8-10(12)5-2/h10,13H,4-9H2,1-3H3. The van der Waals surface area contributed by atoms with Crippen LogP contribution in [0.15, 0.2) is 0 Å². The zero-order valence-corrected chi connectivity index (χ0v) is 9.15. The van der Waals surface area contributed by atoms with E-state index in [0.717, 1.165) is 19.3 Å². The molecule has 0 spiro atoms. The lowest BCUT2D eigenvalue weighted by molar-refractivity contribution is 0.0688. The molecule has 2 unspecified atom stereocenters. The maximum absolute atomic E-state index is 13.2. The highest BCUT2D eigenvalue weighted by Crippen LogP contribution is 2.34. The lowest BCUT2D eigenvalue weighted by Crippen LogP contribution is -2.28. The van der Waals surface area contributed by atoms with E-state index in [4.69, 9.17) is 0 Å². The molecule has 13 heavy (non-hydrogen) atoms. The fourth-order valence-corrected chi connectivity index (χ4v) is 1.82. The number of hydrogen-bond donors (Lipinski definition) is 1. The molecule has 80 valence electrons. The molecule has 1 nitrogen and oxygen atoms in total. The van der Waals surface area contributed by atoms with Gasteiger partial charge in [0.15, 0.2) is 0 Å². The van der Waals surface area contributed by atoms with Gasteiger partial charge in [0.1, 0.15) is 6.17 Å². The molecule has 0 radical (unpaired) electrons. The van der Waals surface area contributed by atoms with Gasteiger partial charge in [-0.2, -0.15) is 0 Å². The van der Waals surface area contributed by atoms with Gasteiger partial charge in [0.05, 0.1) is 0 Å². The van der Waals surface area contributed by atoms with Gasteiger partial charge in [-0.25, -0.2) is 4.39 Å². The first-order chi connectivity index (χ1) is 6.14. The van der Waals surface area contributed by atoms with E-state index in [1.807, 2.05) is 13.8 Å². The predicted molar refractivity (Wildman–Crippen MR) is 54.5 cm³/mol. The minimum atomic E-state index is -0.751. The summed E-state index contributed by atoms with van der Waals surface area (Å²) in [6, 6.07) is 0. The van der Waals surface area contributed by atoms with Gasteiger partial charge in [0, 0.05) is 6.61 Å². The molecule has 0 fully saturated rings. The maximum Gasteiger partial charge on any atom is 0.100 e. The Morgan fingerprint density at radius 1 is 1.31 bits per heavy atom. The van der Waals surface area contributed by atoms with Crippen molar-refractivity contribution in [2.24, 2.45) is 5.41 Å². The quantitative estimate of drug-likeness (QED) is 0.653. The number of aliphatic hydroxyl groups excluding tert-OH is 1. The number of alkyl halides is 1. The van der Waals surface area contributed by atoms with Crippen LogP contribution in [0.5, 0.6) is 0 Å². The lowest BCUT2D eigenvalue weighted by Gasteiger charge is -2.31. The maximum atomic E-state index is 13.2. The molecule has 0 rings (SSSR count). The van der Waals surface area contributed by atoms with E-state index in [2.05, 4.69) is 6.92 Å². The largest absolute Gasteiger partial charge is 0.396 e. The van der Waals surface area contributed by atoms with E-state index in [-0.39, 0.29) is 12.0 Å². The topological polar surface area (TPSA) is 20.2 Å². The normalized spacial score (nSPS) is 18.2. The lowest BCUT2D eigenvalue weighted by atomic mass is 9.77. The monoisotopic (exact) mass is 190 g/mol. The third kappa shape index (κ3) is 4.08. The molecule has 0 heterocycles. The number of hydrogen-bond acceptors (Lipinski definition) is 1. The van der Waals surface area contributed by atoms with Gasteiger partial charge in [-0.05, 0) is 31.1 Å². The minimum absolute atomic E-state index is 0.123. The third-order valence-electron chi connectivity index (χ3n) is 2.96. The summed E-state index contributed by atoms with van der Waals surface area (Å²) >= 11 is 0. The molecule has 2 heteroatoms. The molecule has 0 saturated heterocycles. The summed E-state index contributed by atoms with van der Waals surface area (Å²) in [5.74, 6) is 0. The molecule has 0 aromatic rings. The second-order valence-electron chi connectivity index (χ2n) is 3.97. The first kappa shape index (κ1) is 12.9. The average Bonchev–Trinajstić information content (AvgIpc) is 2.17. The van der Waals surface area contributed by atoms with E-state index >= 15 is 0 Å². The number of aliphatic hydroxyl groups is 1. The van der Waals surface area contributed by atoms with Crippen LogP contribution in [0.1, 0.15) is 52.9 Å². The van der Waals surface area contributed by atoms with Crippen LogP contribution in [0.4, 0.5) is 4.39 Å². The fraction of sp³-hybridized carbons (Fsp3) is 1.00. The molecule has 0 aliphatic heterocycles. The summed E-state index contributed by atoms with van der Waals surface area (Å²) in [5.41, 5.74) is -0.163. The summed E-state index contributed by atoms with van der Waals surface area (Å²) < 4.78 is 13.2. The van der Waals surface area contributed by atoms with Crippen LogP contribution in [0, 0.1) is 5.41 Å². The Kier molecular flexibility index (Phi) is 6.31. The highest BCUT2D eigenvalue weighted by atomic mass is 19.1. The molecular formula is C11H23FO. The Balaban J connectivity index is 4.19. The molecule has 0 aromatic carbocycles. The van der Waals surface area contributed by atoms with Crippen molar-refractivity contribution < 1.29 is 9.50 Å².